The molecule has 0 atom stereocenters. The lowest BCUT2D eigenvalue weighted by Gasteiger charge is -2.10. The van der Waals surface area contributed by atoms with Gasteiger partial charge in [-0.2, -0.15) is 0 Å². The van der Waals surface area contributed by atoms with Crippen LogP contribution < -0.4 is 0 Å². The highest BCUT2D eigenvalue weighted by Crippen LogP contribution is 2.37. The Morgan fingerprint density at radius 2 is 1.15 bits per heavy atom. The first-order valence-corrected chi connectivity index (χ1v) is 18.7. The number of aryl methyl sites for hydroxylation is 1. The summed E-state index contributed by atoms with van der Waals surface area (Å²) in [7, 11) is 0. The maximum absolute atomic E-state index is 8.90. The van der Waals surface area contributed by atoms with E-state index in [1.54, 1.807) is 11.3 Å². The van der Waals surface area contributed by atoms with Crippen LogP contribution in [0.1, 0.15) is 59.0 Å². The third-order valence-corrected chi connectivity index (χ3v) is 9.67. The number of benzene rings is 6. The van der Waals surface area contributed by atoms with Gasteiger partial charge < -0.3 is 5.41 Å². The molecule has 0 fully saturated rings. The van der Waals surface area contributed by atoms with Crippen LogP contribution in [0.5, 0.6) is 0 Å². The van der Waals surface area contributed by atoms with E-state index in [2.05, 4.69) is 105 Å². The predicted molar refractivity (Wildman–Crippen MR) is 234 cm³/mol. The zero-order chi connectivity index (χ0) is 37.6. The lowest BCUT2D eigenvalue weighted by Crippen LogP contribution is -1.98. The summed E-state index contributed by atoms with van der Waals surface area (Å²) in [6.07, 6.45) is 3.68. The van der Waals surface area contributed by atoms with Gasteiger partial charge in [-0.15, -0.1) is 11.3 Å². The van der Waals surface area contributed by atoms with Crippen molar-refractivity contribution in [3.05, 3.63) is 221 Å². The topological polar surface area (TPSA) is 36.2 Å². The Morgan fingerprint density at radius 3 is 1.81 bits per heavy atom. The average Bonchev–Trinajstić information content (AvgIpc) is 3.56. The summed E-state index contributed by atoms with van der Waals surface area (Å²) >= 11 is 1.79. The summed E-state index contributed by atoms with van der Waals surface area (Å²) in [5, 5.41) is 10.1. The molecule has 0 amide bonds. The van der Waals surface area contributed by atoms with Gasteiger partial charge in [0.15, 0.2) is 0 Å². The van der Waals surface area contributed by atoms with Crippen molar-refractivity contribution in [2.75, 3.05) is 0 Å². The quantitative estimate of drug-likeness (QED) is 0.145. The van der Waals surface area contributed by atoms with E-state index in [4.69, 9.17) is 10.4 Å². The standard InChI is InChI=1S/C33H26N2S.C15H14.C2H6/c1-23(33-24(2)36-32-19-10-9-18-29(32)33)27-16-11-17-28(20-27)30(34)21-31(26-14-7-4-8-15-26)35-22-25-12-5-3-6-13-25;1-12(2)13-8-10-15(11-9-13)14-6-4-3-5-7-14;1-2/h3-22,34H,1H2,2H3;3-11H,1H2,2H3;1-2H3/b31-21-,34-30?,35-22?;;. The van der Waals surface area contributed by atoms with Crippen LogP contribution in [0.15, 0.2) is 188 Å². The minimum atomic E-state index is 0.403. The van der Waals surface area contributed by atoms with Crippen molar-refractivity contribution < 1.29 is 0 Å². The monoisotopic (exact) mass is 706 g/mol. The molecule has 2 nitrogen and oxygen atoms in total. The number of nitrogens with one attached hydrogen (secondary N) is 1. The molecule has 0 spiro atoms. The van der Waals surface area contributed by atoms with Crippen molar-refractivity contribution in [3.63, 3.8) is 0 Å². The highest BCUT2D eigenvalue weighted by Gasteiger charge is 2.14. The van der Waals surface area contributed by atoms with Gasteiger partial charge in [0.1, 0.15) is 0 Å². The van der Waals surface area contributed by atoms with E-state index in [-0.39, 0.29) is 0 Å². The Morgan fingerprint density at radius 1 is 0.604 bits per heavy atom. The van der Waals surface area contributed by atoms with E-state index in [0.29, 0.717) is 5.71 Å². The molecule has 1 aromatic heterocycles. The first-order chi connectivity index (χ1) is 25.9. The summed E-state index contributed by atoms with van der Waals surface area (Å²) in [6, 6.07) is 55.4. The van der Waals surface area contributed by atoms with Crippen LogP contribution in [0, 0.1) is 12.3 Å². The van der Waals surface area contributed by atoms with Crippen LogP contribution in [0.4, 0.5) is 0 Å². The number of hydrogen-bond acceptors (Lipinski definition) is 3. The normalized spacial score (nSPS) is 10.9. The Labute approximate surface area is 319 Å². The van der Waals surface area contributed by atoms with Crippen LogP contribution in [0.25, 0.3) is 38.1 Å². The number of fused-ring (bicyclic) bond motifs is 1. The first-order valence-electron chi connectivity index (χ1n) is 17.9. The van der Waals surface area contributed by atoms with Crippen LogP contribution in [0.3, 0.4) is 0 Å². The Kier molecular flexibility index (Phi) is 13.6. The summed E-state index contributed by atoms with van der Waals surface area (Å²) < 4.78 is 1.27. The molecule has 3 heteroatoms. The van der Waals surface area contributed by atoms with E-state index in [1.165, 1.54) is 37.2 Å². The Balaban J connectivity index is 0.000000265. The molecule has 0 radical (unpaired) electrons. The van der Waals surface area contributed by atoms with Crippen molar-refractivity contribution in [3.8, 4) is 11.1 Å². The van der Waals surface area contributed by atoms with Gasteiger partial charge in [0.2, 0.25) is 0 Å². The van der Waals surface area contributed by atoms with Crippen molar-refractivity contribution in [2.45, 2.75) is 27.7 Å². The lowest BCUT2D eigenvalue weighted by molar-refractivity contribution is 1.46. The van der Waals surface area contributed by atoms with Crippen LogP contribution in [-0.4, -0.2) is 11.9 Å². The lowest BCUT2D eigenvalue weighted by atomic mass is 9.94. The molecule has 6 aromatic carbocycles. The maximum Gasteiger partial charge on any atom is 0.0723 e. The van der Waals surface area contributed by atoms with E-state index < -0.39 is 0 Å². The Hall–Kier alpha value is -6.16. The molecule has 53 heavy (non-hydrogen) atoms. The molecule has 1 heterocycles. The zero-order valence-electron chi connectivity index (χ0n) is 31.0. The minimum Gasteiger partial charge on any atom is -0.300 e. The second-order valence-corrected chi connectivity index (χ2v) is 13.5. The fraction of sp³-hybridized carbons (Fsp3) is 0.0800. The van der Waals surface area contributed by atoms with Gasteiger partial charge >= 0.3 is 0 Å². The van der Waals surface area contributed by atoms with Crippen molar-refractivity contribution in [1.29, 1.82) is 5.41 Å². The van der Waals surface area contributed by atoms with Crippen molar-refractivity contribution >= 4 is 50.2 Å². The highest BCUT2D eigenvalue weighted by atomic mass is 32.1. The number of rotatable bonds is 9. The SMILES string of the molecule is C=C(C)c1ccc(-c2ccccc2)cc1.C=C(c1cccc(C(=N)/C=C(\N=Cc2ccccc2)c2ccccc2)c1)c1c(C)sc2ccccc12.CC. The molecule has 0 aliphatic carbocycles. The Bertz CT molecular complexity index is 2340. The van der Waals surface area contributed by atoms with E-state index >= 15 is 0 Å². The number of aliphatic imine (C=N–C) groups is 1. The molecule has 0 saturated heterocycles. The highest BCUT2D eigenvalue weighted by molar-refractivity contribution is 7.19. The molecular formula is C50H46N2S. The average molecular weight is 707 g/mol. The van der Waals surface area contributed by atoms with Gasteiger partial charge in [0.25, 0.3) is 0 Å². The molecule has 7 aromatic rings. The summed E-state index contributed by atoms with van der Waals surface area (Å²) in [5.74, 6) is 0. The maximum atomic E-state index is 8.90. The summed E-state index contributed by atoms with van der Waals surface area (Å²) in [6.45, 7) is 16.6. The second-order valence-electron chi connectivity index (χ2n) is 12.3. The smallest absolute Gasteiger partial charge is 0.0723 e. The zero-order valence-corrected chi connectivity index (χ0v) is 31.8. The second kappa shape index (κ2) is 18.9. The van der Waals surface area contributed by atoms with Crippen LogP contribution in [-0.2, 0) is 0 Å². The fourth-order valence-electron chi connectivity index (χ4n) is 5.85. The minimum absolute atomic E-state index is 0.403. The van der Waals surface area contributed by atoms with Gasteiger partial charge in [-0.3, -0.25) is 4.99 Å². The van der Waals surface area contributed by atoms with E-state index in [9.17, 15) is 0 Å². The van der Waals surface area contributed by atoms with E-state index in [0.717, 1.165) is 39.1 Å². The van der Waals surface area contributed by atoms with Gasteiger partial charge in [0, 0.05) is 37.9 Å². The third-order valence-electron chi connectivity index (χ3n) is 8.58. The number of allylic oxidation sites excluding steroid dienone is 2. The van der Waals surface area contributed by atoms with Crippen LogP contribution in [0.2, 0.25) is 0 Å². The van der Waals surface area contributed by atoms with Gasteiger partial charge in [-0.1, -0.05) is 184 Å². The first kappa shape index (κ1) is 38.1. The molecule has 7 rings (SSSR count). The van der Waals surface area contributed by atoms with E-state index in [1.807, 2.05) is 112 Å². The summed E-state index contributed by atoms with van der Waals surface area (Å²) in [4.78, 5) is 6.01. The van der Waals surface area contributed by atoms with Gasteiger partial charge in [-0.25, -0.2) is 0 Å². The fourth-order valence-corrected chi connectivity index (χ4v) is 6.94. The predicted octanol–water partition coefficient (Wildman–Crippen LogP) is 14.2. The molecule has 0 saturated carbocycles. The molecular weight excluding hydrogens is 661 g/mol. The van der Waals surface area contributed by atoms with Crippen molar-refractivity contribution in [2.24, 2.45) is 4.99 Å². The molecule has 0 aliphatic heterocycles. The van der Waals surface area contributed by atoms with Crippen LogP contribution >= 0.6 is 11.3 Å². The molecule has 0 unspecified atom stereocenters. The molecule has 262 valence electrons. The number of thiophene rings is 1. The van der Waals surface area contributed by atoms with Gasteiger partial charge in [-0.05, 0) is 65.4 Å². The third kappa shape index (κ3) is 10.0. The number of nitrogens with zero attached hydrogens (tertiary/aromatic N) is 1. The summed E-state index contributed by atoms with van der Waals surface area (Å²) in [5.41, 5.74) is 12.0. The number of hydrogen-bond donors (Lipinski definition) is 1. The molecule has 0 bridgehead atoms. The van der Waals surface area contributed by atoms with Gasteiger partial charge in [0.05, 0.1) is 11.4 Å². The largest absolute Gasteiger partial charge is 0.300 e. The van der Waals surface area contributed by atoms with Crippen molar-refractivity contribution in [1.82, 2.24) is 0 Å². The molecule has 0 aliphatic rings. The molecule has 1 N–H and O–H groups in total.